The number of benzene rings is 2. The SMILES string of the molecule is Cc1nc([C@H](NC(=O)c2nn(CC(C)C)c(=O)c3ccccc23)c2ccccc2)n[nH]1. The van der Waals surface area contributed by atoms with Crippen LogP contribution in [0.1, 0.15) is 47.6 Å². The van der Waals surface area contributed by atoms with Crippen LogP contribution in [0.5, 0.6) is 0 Å². The standard InChI is InChI=1S/C23H24N6O2/c1-14(2)13-29-23(31)18-12-8-7-11-17(18)20(28-29)22(30)25-19(16-9-5-4-6-10-16)21-24-15(3)26-27-21/h4-12,14,19H,13H2,1-3H3,(H,25,30)(H,24,26,27)/t19-/m1/s1. The van der Waals surface area contributed by atoms with Gasteiger partial charge in [-0.3, -0.25) is 14.7 Å². The van der Waals surface area contributed by atoms with E-state index in [-0.39, 0.29) is 17.2 Å². The zero-order chi connectivity index (χ0) is 22.0. The van der Waals surface area contributed by atoms with Gasteiger partial charge >= 0.3 is 0 Å². The molecule has 4 aromatic rings. The molecule has 4 rings (SSSR count). The van der Waals surface area contributed by atoms with E-state index in [0.29, 0.717) is 29.0 Å². The number of rotatable bonds is 6. The summed E-state index contributed by atoms with van der Waals surface area (Å²) in [4.78, 5) is 30.7. The zero-order valence-electron chi connectivity index (χ0n) is 17.7. The summed E-state index contributed by atoms with van der Waals surface area (Å²) < 4.78 is 1.37. The summed E-state index contributed by atoms with van der Waals surface area (Å²) in [7, 11) is 0. The fraction of sp³-hybridized carbons (Fsp3) is 0.261. The number of nitrogens with one attached hydrogen (secondary N) is 2. The number of amides is 1. The molecule has 0 saturated carbocycles. The normalized spacial score (nSPS) is 12.3. The second-order valence-electron chi connectivity index (χ2n) is 7.87. The first kappa shape index (κ1) is 20.5. The number of fused-ring (bicyclic) bond motifs is 1. The average Bonchev–Trinajstić information content (AvgIpc) is 3.20. The molecular weight excluding hydrogens is 392 g/mol. The second-order valence-corrected chi connectivity index (χ2v) is 7.87. The minimum atomic E-state index is -0.565. The van der Waals surface area contributed by atoms with Gasteiger partial charge in [-0.2, -0.15) is 10.2 Å². The van der Waals surface area contributed by atoms with Gasteiger partial charge in [-0.15, -0.1) is 0 Å². The smallest absolute Gasteiger partial charge is 0.274 e. The minimum Gasteiger partial charge on any atom is -0.336 e. The first-order chi connectivity index (χ1) is 14.9. The molecule has 0 saturated heterocycles. The highest BCUT2D eigenvalue weighted by Gasteiger charge is 2.24. The van der Waals surface area contributed by atoms with Crippen LogP contribution in [-0.2, 0) is 6.54 Å². The Morgan fingerprint density at radius 2 is 1.74 bits per heavy atom. The lowest BCUT2D eigenvalue weighted by Gasteiger charge is -2.18. The van der Waals surface area contributed by atoms with Crippen molar-refractivity contribution in [1.82, 2.24) is 30.3 Å². The van der Waals surface area contributed by atoms with E-state index < -0.39 is 11.9 Å². The Morgan fingerprint density at radius 1 is 1.06 bits per heavy atom. The van der Waals surface area contributed by atoms with Crippen LogP contribution in [0.25, 0.3) is 10.8 Å². The molecule has 2 aromatic carbocycles. The van der Waals surface area contributed by atoms with Crippen LogP contribution in [0, 0.1) is 12.8 Å². The van der Waals surface area contributed by atoms with Gasteiger partial charge in [-0.05, 0) is 24.5 Å². The summed E-state index contributed by atoms with van der Waals surface area (Å²) in [6, 6.07) is 16.0. The van der Waals surface area contributed by atoms with Crippen molar-refractivity contribution in [1.29, 1.82) is 0 Å². The van der Waals surface area contributed by atoms with E-state index in [1.807, 2.05) is 44.2 Å². The molecule has 0 aliphatic heterocycles. The van der Waals surface area contributed by atoms with Crippen molar-refractivity contribution in [2.75, 3.05) is 0 Å². The number of H-pyrrole nitrogens is 1. The second kappa shape index (κ2) is 8.51. The Morgan fingerprint density at radius 3 is 2.39 bits per heavy atom. The van der Waals surface area contributed by atoms with Crippen LogP contribution in [0.4, 0.5) is 0 Å². The fourth-order valence-corrected chi connectivity index (χ4v) is 3.50. The summed E-state index contributed by atoms with van der Waals surface area (Å²) >= 11 is 0. The molecule has 8 nitrogen and oxygen atoms in total. The van der Waals surface area contributed by atoms with Gasteiger partial charge in [0.15, 0.2) is 11.5 Å². The number of hydrogen-bond donors (Lipinski definition) is 2. The molecule has 1 atom stereocenters. The molecule has 0 fully saturated rings. The number of carbonyl (C=O) groups is 1. The van der Waals surface area contributed by atoms with Crippen molar-refractivity contribution in [3.05, 3.63) is 87.9 Å². The molecule has 0 aliphatic rings. The van der Waals surface area contributed by atoms with Gasteiger partial charge in [-0.25, -0.2) is 9.67 Å². The molecule has 0 aliphatic carbocycles. The van der Waals surface area contributed by atoms with Gasteiger partial charge in [0.1, 0.15) is 11.9 Å². The summed E-state index contributed by atoms with van der Waals surface area (Å²) in [5.74, 6) is 0.914. The summed E-state index contributed by atoms with van der Waals surface area (Å²) in [6.45, 7) is 6.23. The van der Waals surface area contributed by atoms with Gasteiger partial charge in [0.05, 0.1) is 5.39 Å². The molecule has 2 N–H and O–H groups in total. The lowest BCUT2D eigenvalue weighted by Crippen LogP contribution is -2.34. The van der Waals surface area contributed by atoms with Crippen molar-refractivity contribution >= 4 is 16.7 Å². The highest BCUT2D eigenvalue weighted by molar-refractivity contribution is 6.05. The molecule has 8 heteroatoms. The van der Waals surface area contributed by atoms with Crippen LogP contribution < -0.4 is 10.9 Å². The molecule has 31 heavy (non-hydrogen) atoms. The van der Waals surface area contributed by atoms with E-state index in [2.05, 4.69) is 25.6 Å². The largest absolute Gasteiger partial charge is 0.336 e. The molecule has 2 aromatic heterocycles. The molecule has 2 heterocycles. The quantitative estimate of drug-likeness (QED) is 0.503. The summed E-state index contributed by atoms with van der Waals surface area (Å²) in [6.07, 6.45) is 0. The predicted octanol–water partition coefficient (Wildman–Crippen LogP) is 3.00. The minimum absolute atomic E-state index is 0.198. The lowest BCUT2D eigenvalue weighted by molar-refractivity contribution is 0.0935. The Kier molecular flexibility index (Phi) is 5.62. The van der Waals surface area contributed by atoms with Crippen molar-refractivity contribution in [2.24, 2.45) is 5.92 Å². The molecular formula is C23H24N6O2. The molecule has 0 bridgehead atoms. The molecule has 0 radical (unpaired) electrons. The van der Waals surface area contributed by atoms with E-state index in [1.54, 1.807) is 31.2 Å². The Labute approximate surface area is 179 Å². The molecule has 0 unspecified atom stereocenters. The van der Waals surface area contributed by atoms with Crippen molar-refractivity contribution < 1.29 is 4.79 Å². The summed E-state index contributed by atoms with van der Waals surface area (Å²) in [5, 5.41) is 15.5. The third-order valence-corrected chi connectivity index (χ3v) is 4.90. The van der Waals surface area contributed by atoms with Crippen molar-refractivity contribution in [3.8, 4) is 0 Å². The van der Waals surface area contributed by atoms with Crippen molar-refractivity contribution in [3.63, 3.8) is 0 Å². The highest BCUT2D eigenvalue weighted by atomic mass is 16.2. The first-order valence-corrected chi connectivity index (χ1v) is 10.2. The third kappa shape index (κ3) is 4.23. The zero-order valence-corrected chi connectivity index (χ0v) is 17.7. The van der Waals surface area contributed by atoms with E-state index in [9.17, 15) is 9.59 Å². The van der Waals surface area contributed by atoms with Gasteiger partial charge in [0.2, 0.25) is 0 Å². The maximum absolute atomic E-state index is 13.4. The van der Waals surface area contributed by atoms with Gasteiger partial charge < -0.3 is 5.32 Å². The van der Waals surface area contributed by atoms with E-state index in [1.165, 1.54) is 4.68 Å². The molecule has 1 amide bonds. The third-order valence-electron chi connectivity index (χ3n) is 4.90. The number of aryl methyl sites for hydroxylation is 1. The first-order valence-electron chi connectivity index (χ1n) is 10.2. The van der Waals surface area contributed by atoms with Crippen LogP contribution in [0.15, 0.2) is 59.4 Å². The number of carbonyl (C=O) groups excluding carboxylic acids is 1. The number of hydrogen-bond acceptors (Lipinski definition) is 5. The lowest BCUT2D eigenvalue weighted by atomic mass is 10.1. The van der Waals surface area contributed by atoms with Crippen molar-refractivity contribution in [2.45, 2.75) is 33.4 Å². The molecule has 158 valence electrons. The topological polar surface area (TPSA) is 106 Å². The van der Waals surface area contributed by atoms with Gasteiger partial charge in [-0.1, -0.05) is 62.4 Å². The average molecular weight is 416 g/mol. The van der Waals surface area contributed by atoms with E-state index >= 15 is 0 Å². The number of aromatic amines is 1. The maximum atomic E-state index is 13.4. The van der Waals surface area contributed by atoms with Gasteiger partial charge in [0.25, 0.3) is 11.5 Å². The van der Waals surface area contributed by atoms with E-state index in [0.717, 1.165) is 5.56 Å². The molecule has 0 spiro atoms. The van der Waals surface area contributed by atoms with Crippen LogP contribution in [0.3, 0.4) is 0 Å². The Balaban J connectivity index is 1.79. The maximum Gasteiger partial charge on any atom is 0.274 e. The van der Waals surface area contributed by atoms with E-state index in [4.69, 9.17) is 0 Å². The monoisotopic (exact) mass is 416 g/mol. The van der Waals surface area contributed by atoms with Gasteiger partial charge in [0, 0.05) is 11.9 Å². The predicted molar refractivity (Wildman–Crippen MR) is 118 cm³/mol. The summed E-state index contributed by atoms with van der Waals surface area (Å²) in [5.41, 5.74) is 0.837. The fourth-order valence-electron chi connectivity index (χ4n) is 3.50. The number of aromatic nitrogens is 5. The van der Waals surface area contributed by atoms with Crippen LogP contribution in [-0.4, -0.2) is 30.9 Å². The Bertz CT molecular complexity index is 1280. The number of nitrogens with zero attached hydrogens (tertiary/aromatic N) is 4. The van der Waals surface area contributed by atoms with Crippen LogP contribution in [0.2, 0.25) is 0 Å². The highest BCUT2D eigenvalue weighted by Crippen LogP contribution is 2.21. The van der Waals surface area contributed by atoms with Crippen LogP contribution >= 0.6 is 0 Å². The Hall–Kier alpha value is -3.81.